The van der Waals surface area contributed by atoms with Crippen LogP contribution in [0.2, 0.25) is 0 Å². The molecule has 0 aliphatic rings. The minimum Gasteiger partial charge on any atom is -0.468 e. The van der Waals surface area contributed by atoms with E-state index < -0.39 is 58.8 Å². The lowest BCUT2D eigenvalue weighted by atomic mass is 9.98. The molecule has 9 nitrogen and oxygen atoms in total. The summed E-state index contributed by atoms with van der Waals surface area (Å²) in [6, 6.07) is 0.164. The Morgan fingerprint density at radius 2 is 1.71 bits per heavy atom. The molecule has 16 heteroatoms. The SMILES string of the molecule is COC(=O)C(CCSC)NC/C(=C\Cn1c(=O)c2c(ncn2C)n(C)c1=O)c1cc(C(F)(F)F)cc(C(F)(F)F)c1. The van der Waals surface area contributed by atoms with Gasteiger partial charge in [-0.25, -0.2) is 9.78 Å². The molecule has 0 saturated heterocycles. The van der Waals surface area contributed by atoms with Crippen molar-refractivity contribution in [3.05, 3.63) is 68.1 Å². The number of aryl methyl sites for hydroxylation is 2. The number of nitrogens with zero attached hydrogens (tertiary/aromatic N) is 4. The Kier molecular flexibility index (Phi) is 9.79. The largest absolute Gasteiger partial charge is 0.468 e. The molecular weight excluding hydrogens is 580 g/mol. The van der Waals surface area contributed by atoms with E-state index in [9.17, 15) is 40.7 Å². The number of halogens is 6. The number of rotatable bonds is 10. The van der Waals surface area contributed by atoms with Crippen molar-refractivity contribution in [3.63, 3.8) is 0 Å². The summed E-state index contributed by atoms with van der Waals surface area (Å²) >= 11 is 1.42. The van der Waals surface area contributed by atoms with E-state index in [4.69, 9.17) is 4.74 Å². The van der Waals surface area contributed by atoms with Crippen LogP contribution in [0.4, 0.5) is 26.3 Å². The molecule has 0 saturated carbocycles. The Bertz CT molecular complexity index is 1540. The first kappa shape index (κ1) is 32.0. The Morgan fingerprint density at radius 1 is 1.10 bits per heavy atom. The van der Waals surface area contributed by atoms with Crippen LogP contribution in [-0.2, 0) is 42.5 Å². The maximum absolute atomic E-state index is 13.6. The topological polar surface area (TPSA) is 100 Å². The smallest absolute Gasteiger partial charge is 0.416 e. The molecule has 2 heterocycles. The summed E-state index contributed by atoms with van der Waals surface area (Å²) in [5.74, 6) is -0.172. The number of nitrogens with one attached hydrogen (secondary N) is 1. The first-order chi connectivity index (χ1) is 19.1. The highest BCUT2D eigenvalue weighted by molar-refractivity contribution is 7.98. The molecule has 2 aromatic heterocycles. The van der Waals surface area contributed by atoms with E-state index in [1.54, 1.807) is 6.26 Å². The van der Waals surface area contributed by atoms with Gasteiger partial charge >= 0.3 is 24.0 Å². The van der Waals surface area contributed by atoms with Crippen LogP contribution in [0.15, 0.2) is 40.2 Å². The maximum atomic E-state index is 13.6. The van der Waals surface area contributed by atoms with Crippen molar-refractivity contribution in [3.8, 4) is 0 Å². The number of hydrogen-bond acceptors (Lipinski definition) is 7. The Balaban J connectivity index is 2.18. The van der Waals surface area contributed by atoms with E-state index in [1.165, 1.54) is 42.8 Å². The molecule has 224 valence electrons. The number of benzene rings is 1. The van der Waals surface area contributed by atoms with Gasteiger partial charge in [-0.1, -0.05) is 6.08 Å². The molecule has 0 fully saturated rings. The molecule has 1 N–H and O–H groups in total. The third-order valence-electron chi connectivity index (χ3n) is 6.31. The van der Waals surface area contributed by atoms with Crippen LogP contribution in [0.3, 0.4) is 0 Å². The fourth-order valence-corrected chi connectivity index (χ4v) is 4.58. The second-order valence-electron chi connectivity index (χ2n) is 9.05. The zero-order valence-corrected chi connectivity index (χ0v) is 23.2. The summed E-state index contributed by atoms with van der Waals surface area (Å²) in [6.45, 7) is -0.870. The highest BCUT2D eigenvalue weighted by Gasteiger charge is 2.37. The van der Waals surface area contributed by atoms with Crippen LogP contribution in [-0.4, -0.2) is 56.4 Å². The Hall–Kier alpha value is -3.53. The Morgan fingerprint density at radius 3 is 2.24 bits per heavy atom. The van der Waals surface area contributed by atoms with Crippen molar-refractivity contribution >= 4 is 34.5 Å². The number of allylic oxidation sites excluding steroid dienone is 1. The minimum atomic E-state index is -5.10. The van der Waals surface area contributed by atoms with Crippen molar-refractivity contribution in [2.24, 2.45) is 14.1 Å². The van der Waals surface area contributed by atoms with Crippen molar-refractivity contribution in [2.45, 2.75) is 31.4 Å². The monoisotopic (exact) mass is 607 g/mol. The van der Waals surface area contributed by atoms with E-state index >= 15 is 0 Å². The number of thioether (sulfide) groups is 1. The summed E-state index contributed by atoms with van der Waals surface area (Å²) in [4.78, 5) is 42.3. The lowest BCUT2D eigenvalue weighted by Gasteiger charge is -2.20. The molecule has 41 heavy (non-hydrogen) atoms. The fourth-order valence-electron chi connectivity index (χ4n) is 4.11. The summed E-state index contributed by atoms with van der Waals surface area (Å²) in [7, 11) is 4.04. The fraction of sp³-hybridized carbons (Fsp3) is 0.440. The molecular formula is C25H27F6N5O4S. The van der Waals surface area contributed by atoms with Crippen molar-refractivity contribution in [1.29, 1.82) is 0 Å². The van der Waals surface area contributed by atoms with E-state index in [0.717, 1.165) is 16.2 Å². The van der Waals surface area contributed by atoms with Crippen molar-refractivity contribution in [2.75, 3.05) is 25.7 Å². The summed E-state index contributed by atoms with van der Waals surface area (Å²) < 4.78 is 89.6. The molecule has 0 bridgehead atoms. The van der Waals surface area contributed by atoms with Gasteiger partial charge in [-0.15, -0.1) is 0 Å². The van der Waals surface area contributed by atoms with Crippen LogP contribution in [0, 0.1) is 0 Å². The number of carbonyl (C=O) groups is 1. The third kappa shape index (κ3) is 7.22. The minimum absolute atomic E-state index is 0.000845. The van der Waals surface area contributed by atoms with Crippen molar-refractivity contribution in [1.82, 2.24) is 24.0 Å². The number of hydrogen-bond donors (Lipinski definition) is 1. The van der Waals surface area contributed by atoms with Crippen LogP contribution < -0.4 is 16.6 Å². The number of carbonyl (C=O) groups excluding carboxylic acids is 1. The zero-order chi connectivity index (χ0) is 30.7. The number of imidazole rings is 1. The molecule has 3 rings (SSSR count). The Labute approximate surface area is 233 Å². The van der Waals surface area contributed by atoms with Gasteiger partial charge in [-0.05, 0) is 47.8 Å². The molecule has 0 aliphatic heterocycles. The van der Waals surface area contributed by atoms with Gasteiger partial charge in [0.15, 0.2) is 11.2 Å². The number of esters is 1. The van der Waals surface area contributed by atoms with Gasteiger partial charge in [0, 0.05) is 27.2 Å². The summed E-state index contributed by atoms with van der Waals surface area (Å²) in [5, 5.41) is 2.83. The molecule has 1 aromatic carbocycles. The van der Waals surface area contributed by atoms with E-state index in [1.807, 2.05) is 0 Å². The van der Waals surface area contributed by atoms with Crippen LogP contribution in [0.5, 0.6) is 0 Å². The first-order valence-corrected chi connectivity index (χ1v) is 13.4. The number of ether oxygens (including phenoxy) is 1. The second-order valence-corrected chi connectivity index (χ2v) is 10.0. The number of fused-ring (bicyclic) bond motifs is 1. The van der Waals surface area contributed by atoms with Crippen LogP contribution in [0.25, 0.3) is 16.7 Å². The average molecular weight is 608 g/mol. The highest BCUT2D eigenvalue weighted by Crippen LogP contribution is 2.37. The lowest BCUT2D eigenvalue weighted by molar-refractivity contribution is -0.144. The van der Waals surface area contributed by atoms with Gasteiger partial charge in [0.2, 0.25) is 0 Å². The van der Waals surface area contributed by atoms with E-state index in [0.29, 0.717) is 17.9 Å². The first-order valence-electron chi connectivity index (χ1n) is 12.0. The quantitative estimate of drug-likeness (QED) is 0.279. The highest BCUT2D eigenvalue weighted by atomic mass is 32.2. The van der Waals surface area contributed by atoms with Gasteiger partial charge in [-0.3, -0.25) is 18.7 Å². The number of aromatic nitrogens is 4. The third-order valence-corrected chi connectivity index (χ3v) is 6.96. The standard InChI is InChI=1S/C25H27F6N5O4S/c1-34-13-33-20-19(34)21(37)36(23(39)35(20)2)7-5-14(12-32-18(6-8-41-4)22(38)40-3)15-9-16(24(26,27)28)11-17(10-15)25(29,30)31/h5,9-11,13,18,32H,6-8,12H2,1-4H3/b14-5+. The molecule has 0 aliphatic carbocycles. The second kappa shape index (κ2) is 12.5. The molecule has 0 spiro atoms. The van der Waals surface area contributed by atoms with Gasteiger partial charge in [0.25, 0.3) is 5.56 Å². The van der Waals surface area contributed by atoms with Gasteiger partial charge in [-0.2, -0.15) is 38.1 Å². The van der Waals surface area contributed by atoms with Gasteiger partial charge in [0.05, 0.1) is 24.6 Å². The predicted molar refractivity (Wildman–Crippen MR) is 141 cm³/mol. The maximum Gasteiger partial charge on any atom is 0.416 e. The molecule has 3 aromatic rings. The van der Waals surface area contributed by atoms with Crippen LogP contribution >= 0.6 is 11.8 Å². The van der Waals surface area contributed by atoms with Gasteiger partial charge < -0.3 is 14.6 Å². The normalized spacial score (nSPS) is 13.6. The summed E-state index contributed by atoms with van der Waals surface area (Å²) in [5.41, 5.74) is -5.02. The van der Waals surface area contributed by atoms with E-state index in [2.05, 4.69) is 10.3 Å². The molecule has 1 atom stereocenters. The number of methoxy groups -OCH3 is 1. The molecule has 1 unspecified atom stereocenters. The average Bonchev–Trinajstić information content (AvgIpc) is 3.30. The molecule has 0 amide bonds. The lowest BCUT2D eigenvalue weighted by Crippen LogP contribution is -2.40. The van der Waals surface area contributed by atoms with Gasteiger partial charge in [0.1, 0.15) is 6.04 Å². The van der Waals surface area contributed by atoms with Crippen LogP contribution in [0.1, 0.15) is 23.1 Å². The zero-order valence-electron chi connectivity index (χ0n) is 22.4. The van der Waals surface area contributed by atoms with E-state index in [-0.39, 0.29) is 35.8 Å². The molecule has 0 radical (unpaired) electrons. The van der Waals surface area contributed by atoms with Crippen molar-refractivity contribution < 1.29 is 35.9 Å². The number of alkyl halides is 6. The summed E-state index contributed by atoms with van der Waals surface area (Å²) in [6.07, 6.45) is -5.65. The predicted octanol–water partition coefficient (Wildman–Crippen LogP) is 3.44.